The molecule has 0 radical (unpaired) electrons. The van der Waals surface area contributed by atoms with Crippen molar-refractivity contribution in [3.8, 4) is 0 Å². The lowest BCUT2D eigenvalue weighted by molar-refractivity contribution is 0.0857. The second kappa shape index (κ2) is 3.92. The second-order valence-electron chi connectivity index (χ2n) is 1.72. The molecule has 1 rings (SSSR count). The quantitative estimate of drug-likeness (QED) is 0.604. The van der Waals surface area contributed by atoms with E-state index in [1.165, 1.54) is 0 Å². The van der Waals surface area contributed by atoms with Crippen LogP contribution in [0.3, 0.4) is 0 Å². The van der Waals surface area contributed by atoms with E-state index in [-0.39, 0.29) is 0 Å². The van der Waals surface area contributed by atoms with Crippen LogP contribution in [0.2, 0.25) is 0 Å². The molecule has 1 heterocycles. The predicted molar refractivity (Wildman–Crippen MR) is 35.9 cm³/mol. The zero-order valence-electron chi connectivity index (χ0n) is 5.74. The van der Waals surface area contributed by atoms with Crippen LogP contribution >= 0.6 is 0 Å². The second-order valence-corrected chi connectivity index (χ2v) is 1.72. The van der Waals surface area contributed by atoms with Gasteiger partial charge in [0.25, 0.3) is 0 Å². The van der Waals surface area contributed by atoms with Crippen molar-refractivity contribution in [1.82, 2.24) is 15.4 Å². The van der Waals surface area contributed by atoms with Crippen molar-refractivity contribution in [3.63, 3.8) is 0 Å². The van der Waals surface area contributed by atoms with Crippen LogP contribution in [0.1, 0.15) is 5.69 Å². The number of aromatic nitrogens is 2. The lowest BCUT2D eigenvalue weighted by Crippen LogP contribution is -2.11. The number of hydrogen-bond acceptors (Lipinski definition) is 4. The number of nitrogens with one attached hydrogen (secondary N) is 1. The maximum Gasteiger partial charge on any atom is 0.0748 e. The molecule has 0 unspecified atom stereocenters. The summed E-state index contributed by atoms with van der Waals surface area (Å²) in [6.07, 6.45) is 4.97. The van der Waals surface area contributed by atoms with Gasteiger partial charge >= 0.3 is 0 Å². The molecule has 1 N–H and O–H groups in total. The van der Waals surface area contributed by atoms with E-state index in [0.29, 0.717) is 6.54 Å². The van der Waals surface area contributed by atoms with Crippen LogP contribution < -0.4 is 5.48 Å². The molecular formula is C6H9N3O. The van der Waals surface area contributed by atoms with E-state index in [4.69, 9.17) is 0 Å². The molecule has 0 aliphatic carbocycles. The number of hydrogen-bond donors (Lipinski definition) is 1. The van der Waals surface area contributed by atoms with E-state index in [2.05, 4.69) is 20.3 Å². The fourth-order valence-electron chi connectivity index (χ4n) is 0.567. The van der Waals surface area contributed by atoms with Gasteiger partial charge in [-0.25, -0.2) is 0 Å². The average Bonchev–Trinajstić information content (AvgIpc) is 2.03. The summed E-state index contributed by atoms with van der Waals surface area (Å²) in [5.41, 5.74) is 3.53. The normalized spacial score (nSPS) is 9.70. The van der Waals surface area contributed by atoms with Crippen molar-refractivity contribution in [2.45, 2.75) is 6.54 Å². The molecular weight excluding hydrogens is 130 g/mol. The van der Waals surface area contributed by atoms with Crippen molar-refractivity contribution in [1.29, 1.82) is 0 Å². The molecule has 54 valence electrons. The number of hydroxylamine groups is 1. The van der Waals surface area contributed by atoms with Crippen LogP contribution in [0.4, 0.5) is 0 Å². The van der Waals surface area contributed by atoms with Crippen LogP contribution in [0, 0.1) is 0 Å². The Morgan fingerprint density at radius 1 is 1.60 bits per heavy atom. The van der Waals surface area contributed by atoms with Gasteiger partial charge in [0.15, 0.2) is 0 Å². The average molecular weight is 139 g/mol. The molecule has 0 saturated heterocycles. The fraction of sp³-hybridized carbons (Fsp3) is 0.333. The molecule has 1 aromatic rings. The summed E-state index contributed by atoms with van der Waals surface area (Å²) in [5, 5.41) is 0. The first-order chi connectivity index (χ1) is 4.93. The van der Waals surface area contributed by atoms with Gasteiger partial charge in [-0.15, -0.1) is 0 Å². The lowest BCUT2D eigenvalue weighted by Gasteiger charge is -1.98. The molecule has 1 aromatic heterocycles. The lowest BCUT2D eigenvalue weighted by atomic mass is 10.5. The maximum atomic E-state index is 4.63. The summed E-state index contributed by atoms with van der Waals surface area (Å²) in [4.78, 5) is 12.5. The zero-order chi connectivity index (χ0) is 7.23. The molecule has 0 spiro atoms. The molecule has 0 fully saturated rings. The Bertz CT molecular complexity index is 178. The summed E-state index contributed by atoms with van der Waals surface area (Å²) in [6.45, 7) is 0.588. The SMILES string of the molecule is CONCc1cnccn1. The molecule has 0 aliphatic rings. The number of rotatable bonds is 3. The van der Waals surface area contributed by atoms with E-state index in [1.807, 2.05) is 0 Å². The minimum absolute atomic E-state index is 0.588. The third-order valence-electron chi connectivity index (χ3n) is 1.01. The predicted octanol–water partition coefficient (Wildman–Crippen LogP) is 0.128. The van der Waals surface area contributed by atoms with Gasteiger partial charge in [0, 0.05) is 18.6 Å². The van der Waals surface area contributed by atoms with Crippen LogP contribution in [-0.2, 0) is 11.4 Å². The molecule has 0 atom stereocenters. The van der Waals surface area contributed by atoms with Crippen molar-refractivity contribution in [3.05, 3.63) is 24.3 Å². The fourth-order valence-corrected chi connectivity index (χ4v) is 0.567. The molecule has 4 nitrogen and oxygen atoms in total. The molecule has 4 heteroatoms. The summed E-state index contributed by atoms with van der Waals surface area (Å²) in [5.74, 6) is 0. The highest BCUT2D eigenvalue weighted by molar-refractivity contribution is 4.92. The van der Waals surface area contributed by atoms with E-state index >= 15 is 0 Å². The Morgan fingerprint density at radius 3 is 3.10 bits per heavy atom. The Kier molecular flexibility index (Phi) is 2.79. The molecule has 0 aliphatic heterocycles. The van der Waals surface area contributed by atoms with Crippen LogP contribution in [0.15, 0.2) is 18.6 Å². The standard InChI is InChI=1S/C6H9N3O/c1-10-9-5-6-4-7-2-3-8-6/h2-4,9H,5H2,1H3. The third kappa shape index (κ3) is 2.08. The Balaban J connectivity index is 2.43. The molecule has 0 bridgehead atoms. The van der Waals surface area contributed by atoms with Gasteiger partial charge in [-0.2, -0.15) is 5.48 Å². The van der Waals surface area contributed by atoms with Gasteiger partial charge in [-0.1, -0.05) is 0 Å². The van der Waals surface area contributed by atoms with Crippen LogP contribution in [0.25, 0.3) is 0 Å². The van der Waals surface area contributed by atoms with Gasteiger partial charge in [-0.3, -0.25) is 9.97 Å². The Hall–Kier alpha value is -1.00. The van der Waals surface area contributed by atoms with Crippen molar-refractivity contribution in [2.75, 3.05) is 7.11 Å². The first-order valence-corrected chi connectivity index (χ1v) is 2.94. The topological polar surface area (TPSA) is 47.0 Å². The summed E-state index contributed by atoms with van der Waals surface area (Å²) < 4.78 is 0. The summed E-state index contributed by atoms with van der Waals surface area (Å²) >= 11 is 0. The first kappa shape index (κ1) is 7.11. The minimum atomic E-state index is 0.588. The molecule has 0 aromatic carbocycles. The van der Waals surface area contributed by atoms with Gasteiger partial charge in [0.2, 0.25) is 0 Å². The monoisotopic (exact) mass is 139 g/mol. The smallest absolute Gasteiger partial charge is 0.0748 e. The Morgan fingerprint density at radius 2 is 2.50 bits per heavy atom. The van der Waals surface area contributed by atoms with Gasteiger partial charge < -0.3 is 4.84 Å². The van der Waals surface area contributed by atoms with Crippen LogP contribution in [0.5, 0.6) is 0 Å². The Labute approximate surface area is 59.2 Å². The van der Waals surface area contributed by atoms with E-state index in [1.54, 1.807) is 25.7 Å². The van der Waals surface area contributed by atoms with E-state index in [9.17, 15) is 0 Å². The minimum Gasteiger partial charge on any atom is -0.305 e. The maximum absolute atomic E-state index is 4.63. The summed E-state index contributed by atoms with van der Waals surface area (Å²) in [7, 11) is 1.57. The van der Waals surface area contributed by atoms with E-state index in [0.717, 1.165) is 5.69 Å². The highest BCUT2D eigenvalue weighted by atomic mass is 16.6. The van der Waals surface area contributed by atoms with Gasteiger partial charge in [0.1, 0.15) is 0 Å². The highest BCUT2D eigenvalue weighted by Crippen LogP contribution is 1.87. The van der Waals surface area contributed by atoms with Crippen molar-refractivity contribution in [2.24, 2.45) is 0 Å². The van der Waals surface area contributed by atoms with Gasteiger partial charge in [0.05, 0.1) is 19.3 Å². The first-order valence-electron chi connectivity index (χ1n) is 2.94. The molecule has 0 saturated carbocycles. The van der Waals surface area contributed by atoms with E-state index < -0.39 is 0 Å². The van der Waals surface area contributed by atoms with Crippen molar-refractivity contribution >= 4 is 0 Å². The van der Waals surface area contributed by atoms with Gasteiger partial charge in [-0.05, 0) is 0 Å². The van der Waals surface area contributed by atoms with Crippen LogP contribution in [-0.4, -0.2) is 17.1 Å². The largest absolute Gasteiger partial charge is 0.305 e. The summed E-state index contributed by atoms with van der Waals surface area (Å²) in [6, 6.07) is 0. The highest BCUT2D eigenvalue weighted by Gasteiger charge is 1.89. The molecule has 10 heavy (non-hydrogen) atoms. The number of nitrogens with zero attached hydrogens (tertiary/aromatic N) is 2. The van der Waals surface area contributed by atoms with Crippen molar-refractivity contribution < 1.29 is 4.84 Å². The third-order valence-corrected chi connectivity index (χ3v) is 1.01. The molecule has 0 amide bonds. The zero-order valence-corrected chi connectivity index (χ0v) is 5.74.